The van der Waals surface area contributed by atoms with Gasteiger partial charge in [0.15, 0.2) is 11.5 Å². The molecule has 0 fully saturated rings. The van der Waals surface area contributed by atoms with E-state index in [9.17, 15) is 4.79 Å². The number of nitrogens with zero attached hydrogens (tertiary/aromatic N) is 1. The van der Waals surface area contributed by atoms with Gasteiger partial charge in [0.2, 0.25) is 0 Å². The van der Waals surface area contributed by atoms with Crippen LogP contribution in [0.1, 0.15) is 24.3 Å². The molecule has 2 rings (SSSR count). The standard InChI is InChI=1S/C14H18N2O3/c1-9-16-12-8-10(6-7-13(12)19-9)4-3-5-11(15)14(17)18-2/h6-8,11H,3-5,15H2,1-2H3. The normalized spacial score (nSPS) is 12.6. The molecule has 1 aromatic carbocycles. The van der Waals surface area contributed by atoms with Gasteiger partial charge >= 0.3 is 5.97 Å². The Kier molecular flexibility index (Phi) is 4.16. The summed E-state index contributed by atoms with van der Waals surface area (Å²) in [5.41, 5.74) is 8.52. The number of methoxy groups -OCH3 is 1. The summed E-state index contributed by atoms with van der Waals surface area (Å²) in [6.07, 6.45) is 2.30. The minimum absolute atomic E-state index is 0.359. The Morgan fingerprint density at radius 1 is 1.53 bits per heavy atom. The van der Waals surface area contributed by atoms with Crippen LogP contribution in [0.2, 0.25) is 0 Å². The van der Waals surface area contributed by atoms with Crippen molar-refractivity contribution in [2.24, 2.45) is 5.73 Å². The highest BCUT2D eigenvalue weighted by molar-refractivity contribution is 5.75. The summed E-state index contributed by atoms with van der Waals surface area (Å²) in [7, 11) is 1.35. The van der Waals surface area contributed by atoms with Crippen LogP contribution in [-0.2, 0) is 16.0 Å². The fourth-order valence-electron chi connectivity index (χ4n) is 2.04. The minimum Gasteiger partial charge on any atom is -0.468 e. The second kappa shape index (κ2) is 5.84. The lowest BCUT2D eigenvalue weighted by molar-refractivity contribution is -0.142. The van der Waals surface area contributed by atoms with Gasteiger partial charge in [0.25, 0.3) is 0 Å². The number of carbonyl (C=O) groups is 1. The molecule has 2 aromatic rings. The topological polar surface area (TPSA) is 78.4 Å². The number of nitrogens with two attached hydrogens (primary N) is 1. The molecule has 19 heavy (non-hydrogen) atoms. The number of ether oxygens (including phenoxy) is 1. The molecule has 0 bridgehead atoms. The number of benzene rings is 1. The number of rotatable bonds is 5. The summed E-state index contributed by atoms with van der Waals surface area (Å²) >= 11 is 0. The zero-order chi connectivity index (χ0) is 13.8. The lowest BCUT2D eigenvalue weighted by atomic mass is 10.0. The van der Waals surface area contributed by atoms with Crippen LogP contribution in [0.3, 0.4) is 0 Å². The summed E-state index contributed by atoms with van der Waals surface area (Å²) in [6, 6.07) is 5.40. The first kappa shape index (κ1) is 13.5. The van der Waals surface area contributed by atoms with Crippen molar-refractivity contribution in [1.82, 2.24) is 4.98 Å². The summed E-state index contributed by atoms with van der Waals surface area (Å²) in [6.45, 7) is 1.83. The Balaban J connectivity index is 1.92. The van der Waals surface area contributed by atoms with E-state index < -0.39 is 6.04 Å². The van der Waals surface area contributed by atoms with Crippen LogP contribution in [0.15, 0.2) is 22.6 Å². The third-order valence-corrected chi connectivity index (χ3v) is 3.04. The van der Waals surface area contributed by atoms with Crippen molar-refractivity contribution in [3.8, 4) is 0 Å². The molecular formula is C14H18N2O3. The SMILES string of the molecule is COC(=O)C(N)CCCc1ccc2oc(C)nc2c1. The summed E-state index contributed by atoms with van der Waals surface area (Å²) in [4.78, 5) is 15.5. The fraction of sp³-hybridized carbons (Fsp3) is 0.429. The minimum atomic E-state index is -0.539. The van der Waals surface area contributed by atoms with Crippen LogP contribution < -0.4 is 5.73 Å². The van der Waals surface area contributed by atoms with E-state index in [1.54, 1.807) is 0 Å². The van der Waals surface area contributed by atoms with E-state index in [0.717, 1.165) is 29.5 Å². The van der Waals surface area contributed by atoms with Crippen LogP contribution in [0.5, 0.6) is 0 Å². The van der Waals surface area contributed by atoms with Crippen molar-refractivity contribution in [2.75, 3.05) is 7.11 Å². The van der Waals surface area contributed by atoms with Gasteiger partial charge in [0.1, 0.15) is 11.6 Å². The molecule has 0 aliphatic heterocycles. The first-order valence-corrected chi connectivity index (χ1v) is 6.29. The molecule has 0 aliphatic rings. The van der Waals surface area contributed by atoms with Gasteiger partial charge in [-0.05, 0) is 37.0 Å². The van der Waals surface area contributed by atoms with Crippen LogP contribution in [0.25, 0.3) is 11.1 Å². The molecule has 5 nitrogen and oxygen atoms in total. The van der Waals surface area contributed by atoms with Crippen molar-refractivity contribution in [3.05, 3.63) is 29.7 Å². The quantitative estimate of drug-likeness (QED) is 0.833. The first-order valence-electron chi connectivity index (χ1n) is 6.29. The second-order valence-electron chi connectivity index (χ2n) is 4.56. The summed E-state index contributed by atoms with van der Waals surface area (Å²) < 4.78 is 10.0. The van der Waals surface area contributed by atoms with Gasteiger partial charge in [-0.3, -0.25) is 4.79 Å². The number of aromatic nitrogens is 1. The zero-order valence-electron chi connectivity index (χ0n) is 11.2. The van der Waals surface area contributed by atoms with E-state index >= 15 is 0 Å². The molecule has 0 spiro atoms. The van der Waals surface area contributed by atoms with Gasteiger partial charge in [-0.2, -0.15) is 0 Å². The van der Waals surface area contributed by atoms with E-state index in [1.165, 1.54) is 7.11 Å². The Labute approximate surface area is 111 Å². The van der Waals surface area contributed by atoms with Gasteiger partial charge in [-0.1, -0.05) is 6.07 Å². The Bertz CT molecular complexity index is 577. The summed E-state index contributed by atoms with van der Waals surface area (Å²) in [5, 5.41) is 0. The highest BCUT2D eigenvalue weighted by Gasteiger charge is 2.12. The summed E-state index contributed by atoms with van der Waals surface area (Å²) in [5.74, 6) is 0.308. The van der Waals surface area contributed by atoms with E-state index in [2.05, 4.69) is 9.72 Å². The number of fused-ring (bicyclic) bond motifs is 1. The zero-order valence-corrected chi connectivity index (χ0v) is 11.2. The van der Waals surface area contributed by atoms with E-state index in [0.29, 0.717) is 12.3 Å². The number of carbonyl (C=O) groups excluding carboxylic acids is 1. The predicted molar refractivity (Wildman–Crippen MR) is 71.7 cm³/mol. The predicted octanol–water partition coefficient (Wildman–Crippen LogP) is 1.96. The molecule has 1 atom stereocenters. The van der Waals surface area contributed by atoms with Crippen LogP contribution in [0.4, 0.5) is 0 Å². The molecular weight excluding hydrogens is 244 g/mol. The largest absolute Gasteiger partial charge is 0.468 e. The van der Waals surface area contributed by atoms with E-state index in [4.69, 9.17) is 10.2 Å². The molecule has 1 heterocycles. The van der Waals surface area contributed by atoms with Crippen LogP contribution in [-0.4, -0.2) is 24.1 Å². The lowest BCUT2D eigenvalue weighted by Gasteiger charge is -2.08. The van der Waals surface area contributed by atoms with Crippen molar-refractivity contribution in [2.45, 2.75) is 32.2 Å². The Morgan fingerprint density at radius 3 is 3.05 bits per heavy atom. The first-order chi connectivity index (χ1) is 9.10. The number of oxazole rings is 1. The van der Waals surface area contributed by atoms with Gasteiger partial charge < -0.3 is 14.9 Å². The van der Waals surface area contributed by atoms with Crippen molar-refractivity contribution in [3.63, 3.8) is 0 Å². The second-order valence-corrected chi connectivity index (χ2v) is 4.56. The van der Waals surface area contributed by atoms with Gasteiger partial charge in [-0.25, -0.2) is 4.98 Å². The monoisotopic (exact) mass is 262 g/mol. The smallest absolute Gasteiger partial charge is 0.322 e. The van der Waals surface area contributed by atoms with Crippen LogP contribution >= 0.6 is 0 Å². The van der Waals surface area contributed by atoms with Gasteiger partial charge in [0.05, 0.1) is 7.11 Å². The molecule has 0 amide bonds. The Hall–Kier alpha value is -1.88. The molecule has 102 valence electrons. The lowest BCUT2D eigenvalue weighted by Crippen LogP contribution is -2.31. The van der Waals surface area contributed by atoms with E-state index in [-0.39, 0.29) is 5.97 Å². The van der Waals surface area contributed by atoms with Gasteiger partial charge in [-0.15, -0.1) is 0 Å². The maximum atomic E-state index is 11.2. The molecule has 2 N–H and O–H groups in total. The molecule has 1 aromatic heterocycles. The van der Waals surface area contributed by atoms with Crippen molar-refractivity contribution in [1.29, 1.82) is 0 Å². The Morgan fingerprint density at radius 2 is 2.32 bits per heavy atom. The van der Waals surface area contributed by atoms with Crippen molar-refractivity contribution < 1.29 is 13.9 Å². The average Bonchev–Trinajstić information content (AvgIpc) is 2.77. The maximum absolute atomic E-state index is 11.2. The molecule has 0 aliphatic carbocycles. The van der Waals surface area contributed by atoms with Crippen LogP contribution in [0, 0.1) is 6.92 Å². The number of esters is 1. The third-order valence-electron chi connectivity index (χ3n) is 3.04. The maximum Gasteiger partial charge on any atom is 0.322 e. The molecule has 0 saturated carbocycles. The molecule has 0 saturated heterocycles. The average molecular weight is 262 g/mol. The van der Waals surface area contributed by atoms with Gasteiger partial charge in [0, 0.05) is 6.92 Å². The number of aryl methyl sites for hydroxylation is 2. The molecule has 1 unspecified atom stereocenters. The number of hydrogen-bond acceptors (Lipinski definition) is 5. The fourth-order valence-corrected chi connectivity index (χ4v) is 2.04. The highest BCUT2D eigenvalue weighted by Crippen LogP contribution is 2.18. The molecule has 0 radical (unpaired) electrons. The third kappa shape index (κ3) is 3.32. The van der Waals surface area contributed by atoms with E-state index in [1.807, 2.05) is 25.1 Å². The number of hydrogen-bond donors (Lipinski definition) is 1. The van der Waals surface area contributed by atoms with Crippen molar-refractivity contribution >= 4 is 17.1 Å². The highest BCUT2D eigenvalue weighted by atomic mass is 16.5. The molecule has 5 heteroatoms.